The van der Waals surface area contributed by atoms with Gasteiger partial charge in [-0.25, -0.2) is 0 Å². The van der Waals surface area contributed by atoms with Crippen LogP contribution < -0.4 is 4.90 Å². The number of carbonyl (C=O) groups is 3. The van der Waals surface area contributed by atoms with Crippen molar-refractivity contribution in [2.75, 3.05) is 24.6 Å². The SMILES string of the molecule is C[C@H](CO)N1C(=O)[C@@H]2[C@H]3C(=O)N(c4ccccc4)CC=C[C@H]3S[C@@]23C=CCN(Cc2ccccc2)C(=O)C13. The highest BCUT2D eigenvalue weighted by atomic mass is 32.2. The summed E-state index contributed by atoms with van der Waals surface area (Å²) < 4.78 is -0.891. The molecule has 0 bridgehead atoms. The number of aliphatic hydroxyl groups excluding tert-OH is 1. The highest BCUT2D eigenvalue weighted by molar-refractivity contribution is 8.02. The number of aliphatic hydroxyl groups is 1. The maximum absolute atomic E-state index is 14.3. The van der Waals surface area contributed by atoms with Crippen LogP contribution in [0.15, 0.2) is 85.0 Å². The van der Waals surface area contributed by atoms with E-state index >= 15 is 0 Å². The van der Waals surface area contributed by atoms with Crippen molar-refractivity contribution in [1.29, 1.82) is 0 Å². The molecular formula is C30H31N3O4S. The van der Waals surface area contributed by atoms with Gasteiger partial charge in [-0.05, 0) is 24.6 Å². The molecule has 8 heteroatoms. The van der Waals surface area contributed by atoms with E-state index in [9.17, 15) is 19.5 Å². The van der Waals surface area contributed by atoms with Crippen LogP contribution in [-0.2, 0) is 20.9 Å². The number of likely N-dealkylation sites (tertiary alicyclic amines) is 1. The van der Waals surface area contributed by atoms with Crippen LogP contribution in [0.25, 0.3) is 0 Å². The van der Waals surface area contributed by atoms with E-state index in [2.05, 4.69) is 0 Å². The van der Waals surface area contributed by atoms with E-state index < -0.39 is 28.7 Å². The minimum Gasteiger partial charge on any atom is -0.394 e. The zero-order chi connectivity index (χ0) is 26.4. The van der Waals surface area contributed by atoms with E-state index in [1.54, 1.807) is 33.4 Å². The van der Waals surface area contributed by atoms with Gasteiger partial charge in [0.15, 0.2) is 0 Å². The predicted molar refractivity (Wildman–Crippen MR) is 147 cm³/mol. The van der Waals surface area contributed by atoms with Crippen molar-refractivity contribution in [3.8, 4) is 0 Å². The topological polar surface area (TPSA) is 81.2 Å². The predicted octanol–water partition coefficient (Wildman–Crippen LogP) is 2.87. The number of para-hydroxylation sites is 1. The van der Waals surface area contributed by atoms with Crippen LogP contribution in [0.2, 0.25) is 0 Å². The molecule has 7 nitrogen and oxygen atoms in total. The van der Waals surface area contributed by atoms with Crippen LogP contribution in [0.3, 0.4) is 0 Å². The van der Waals surface area contributed by atoms with E-state index in [1.165, 1.54) is 0 Å². The molecule has 2 fully saturated rings. The van der Waals surface area contributed by atoms with Gasteiger partial charge in [0.25, 0.3) is 0 Å². The van der Waals surface area contributed by atoms with Gasteiger partial charge in [0.1, 0.15) is 6.04 Å². The molecule has 4 aliphatic heterocycles. The first kappa shape index (κ1) is 24.9. The Labute approximate surface area is 226 Å². The molecule has 1 unspecified atom stereocenters. The summed E-state index contributed by atoms with van der Waals surface area (Å²) in [4.78, 5) is 47.7. The number of hydrogen-bond acceptors (Lipinski definition) is 5. The summed E-state index contributed by atoms with van der Waals surface area (Å²) in [5, 5.41) is 9.89. The van der Waals surface area contributed by atoms with Crippen LogP contribution in [0.4, 0.5) is 5.69 Å². The number of fused-ring (bicyclic) bond motifs is 2. The van der Waals surface area contributed by atoms with Gasteiger partial charge in [0, 0.05) is 30.6 Å². The summed E-state index contributed by atoms with van der Waals surface area (Å²) >= 11 is 1.56. The summed E-state index contributed by atoms with van der Waals surface area (Å²) in [5.41, 5.74) is 1.80. The lowest BCUT2D eigenvalue weighted by Gasteiger charge is -2.37. The number of thioether (sulfide) groups is 1. The molecule has 196 valence electrons. The Kier molecular flexibility index (Phi) is 6.40. The van der Waals surface area contributed by atoms with Gasteiger partial charge < -0.3 is 19.8 Å². The Balaban J connectivity index is 1.42. The highest BCUT2D eigenvalue weighted by Gasteiger charge is 2.71. The molecule has 2 aromatic carbocycles. The fraction of sp³-hybridized carbons (Fsp3) is 0.367. The van der Waals surface area contributed by atoms with Crippen molar-refractivity contribution >= 4 is 35.2 Å². The average molecular weight is 530 g/mol. The lowest BCUT2D eigenvalue weighted by Crippen LogP contribution is -2.55. The molecule has 4 aliphatic rings. The summed E-state index contributed by atoms with van der Waals surface area (Å²) in [6.07, 6.45) is 8.03. The van der Waals surface area contributed by atoms with Crippen molar-refractivity contribution in [1.82, 2.24) is 9.80 Å². The Morgan fingerprint density at radius 3 is 2.37 bits per heavy atom. The number of hydrogen-bond donors (Lipinski definition) is 1. The van der Waals surface area contributed by atoms with E-state index in [4.69, 9.17) is 0 Å². The third-order valence-corrected chi connectivity index (χ3v) is 9.95. The van der Waals surface area contributed by atoms with Gasteiger partial charge in [0.2, 0.25) is 17.7 Å². The molecule has 38 heavy (non-hydrogen) atoms. The zero-order valence-corrected chi connectivity index (χ0v) is 22.0. The third kappa shape index (κ3) is 3.81. The molecule has 0 aliphatic carbocycles. The van der Waals surface area contributed by atoms with Crippen LogP contribution in [-0.4, -0.2) is 74.4 Å². The third-order valence-electron chi connectivity index (χ3n) is 8.20. The zero-order valence-electron chi connectivity index (χ0n) is 21.2. The smallest absolute Gasteiger partial charge is 0.247 e. The second kappa shape index (κ2) is 9.75. The van der Waals surface area contributed by atoms with Crippen molar-refractivity contribution in [3.05, 3.63) is 90.5 Å². The van der Waals surface area contributed by atoms with Crippen molar-refractivity contribution < 1.29 is 19.5 Å². The quantitative estimate of drug-likeness (QED) is 0.603. The monoisotopic (exact) mass is 529 g/mol. The van der Waals surface area contributed by atoms with Crippen LogP contribution in [0.5, 0.6) is 0 Å². The molecule has 0 radical (unpaired) electrons. The first-order valence-electron chi connectivity index (χ1n) is 13.1. The van der Waals surface area contributed by atoms with Gasteiger partial charge >= 0.3 is 0 Å². The minimum absolute atomic E-state index is 0.0996. The first-order chi connectivity index (χ1) is 18.5. The number of rotatable bonds is 5. The summed E-state index contributed by atoms with van der Waals surface area (Å²) in [5.74, 6) is -1.78. The Hall–Kier alpha value is -3.36. The molecule has 0 saturated carbocycles. The molecule has 6 atom stereocenters. The fourth-order valence-corrected chi connectivity index (χ4v) is 8.46. The lowest BCUT2D eigenvalue weighted by atomic mass is 9.78. The fourth-order valence-electron chi connectivity index (χ4n) is 6.47. The molecule has 4 heterocycles. The molecule has 1 N–H and O–H groups in total. The maximum atomic E-state index is 14.3. The normalized spacial score (nSPS) is 31.1. The van der Waals surface area contributed by atoms with E-state index in [0.717, 1.165) is 11.3 Å². The second-order valence-corrected chi connectivity index (χ2v) is 11.9. The van der Waals surface area contributed by atoms with Crippen LogP contribution in [0.1, 0.15) is 12.5 Å². The van der Waals surface area contributed by atoms with Gasteiger partial charge in [-0.15, -0.1) is 11.8 Å². The molecule has 2 aromatic rings. The summed E-state index contributed by atoms with van der Waals surface area (Å²) in [6, 6.07) is 18.0. The second-order valence-electron chi connectivity index (χ2n) is 10.4. The van der Waals surface area contributed by atoms with Crippen LogP contribution >= 0.6 is 11.8 Å². The van der Waals surface area contributed by atoms with Crippen molar-refractivity contribution in [2.45, 2.75) is 35.5 Å². The Morgan fingerprint density at radius 1 is 0.947 bits per heavy atom. The highest BCUT2D eigenvalue weighted by Crippen LogP contribution is 2.61. The molecule has 2 saturated heterocycles. The summed E-state index contributed by atoms with van der Waals surface area (Å²) in [6.45, 7) is 2.79. The maximum Gasteiger partial charge on any atom is 0.247 e. The van der Waals surface area contributed by atoms with E-state index in [0.29, 0.717) is 19.6 Å². The molecule has 3 amide bonds. The van der Waals surface area contributed by atoms with Crippen molar-refractivity contribution in [2.24, 2.45) is 11.8 Å². The average Bonchev–Trinajstić information content (AvgIpc) is 3.27. The molecular weight excluding hydrogens is 498 g/mol. The van der Waals surface area contributed by atoms with Crippen molar-refractivity contribution in [3.63, 3.8) is 0 Å². The van der Waals surface area contributed by atoms with Gasteiger partial charge in [-0.3, -0.25) is 14.4 Å². The minimum atomic E-state index is -0.891. The number of anilines is 1. The molecule has 6 rings (SSSR count). The number of amides is 3. The number of nitrogens with zero attached hydrogens (tertiary/aromatic N) is 3. The van der Waals surface area contributed by atoms with E-state index in [-0.39, 0.29) is 29.6 Å². The van der Waals surface area contributed by atoms with E-state index in [1.807, 2.05) is 85.0 Å². The summed E-state index contributed by atoms with van der Waals surface area (Å²) in [7, 11) is 0. The molecule has 0 aromatic heterocycles. The lowest BCUT2D eigenvalue weighted by molar-refractivity contribution is -0.145. The first-order valence-corrected chi connectivity index (χ1v) is 14.0. The Morgan fingerprint density at radius 2 is 1.66 bits per heavy atom. The van der Waals surface area contributed by atoms with Gasteiger partial charge in [-0.1, -0.05) is 72.8 Å². The number of benzene rings is 2. The largest absolute Gasteiger partial charge is 0.394 e. The Bertz CT molecular complexity index is 1300. The van der Waals surface area contributed by atoms with Crippen LogP contribution in [0, 0.1) is 11.8 Å². The van der Waals surface area contributed by atoms with Gasteiger partial charge in [-0.2, -0.15) is 0 Å². The standard InChI is InChI=1S/C30H31N3O4S/c1-20(19-34)33-26-29(37)31(18-21-10-4-2-5-11-21)16-9-15-30(26)25(28(33)36)24-23(38-30)14-8-17-32(27(24)35)22-12-6-3-7-13-22/h2-15,20,23-26,34H,16-19H2,1H3/t20-,23-,24+,25+,26?,30+/m1/s1. The van der Waals surface area contributed by atoms with Gasteiger partial charge in [0.05, 0.1) is 29.2 Å². The number of carbonyl (C=O) groups excluding carboxylic acids is 3. The molecule has 1 spiro atoms.